The van der Waals surface area contributed by atoms with Gasteiger partial charge in [0.25, 0.3) is 0 Å². The third-order valence-corrected chi connectivity index (χ3v) is 3.77. The van der Waals surface area contributed by atoms with Crippen LogP contribution in [0.3, 0.4) is 0 Å². The second kappa shape index (κ2) is 6.36. The highest BCUT2D eigenvalue weighted by molar-refractivity contribution is 4.97. The number of rotatable bonds is 5. The van der Waals surface area contributed by atoms with Gasteiger partial charge >= 0.3 is 0 Å². The van der Waals surface area contributed by atoms with Crippen LogP contribution in [-0.2, 0) is 6.54 Å². The van der Waals surface area contributed by atoms with Gasteiger partial charge in [0.1, 0.15) is 5.76 Å². The second-order valence-corrected chi connectivity index (χ2v) is 5.41. The summed E-state index contributed by atoms with van der Waals surface area (Å²) in [5, 5.41) is 3.47. The summed E-state index contributed by atoms with van der Waals surface area (Å²) in [6.45, 7) is 9.96. The van der Waals surface area contributed by atoms with Crippen LogP contribution in [0.15, 0.2) is 22.8 Å². The lowest BCUT2D eigenvalue weighted by Crippen LogP contribution is -2.55. The van der Waals surface area contributed by atoms with Gasteiger partial charge in [-0.2, -0.15) is 0 Å². The van der Waals surface area contributed by atoms with Gasteiger partial charge in [-0.05, 0) is 33.0 Å². The molecule has 2 heterocycles. The van der Waals surface area contributed by atoms with Gasteiger partial charge in [-0.25, -0.2) is 0 Å². The molecule has 18 heavy (non-hydrogen) atoms. The Balaban J connectivity index is 1.72. The van der Waals surface area contributed by atoms with E-state index in [4.69, 9.17) is 4.42 Å². The zero-order chi connectivity index (χ0) is 13.0. The first-order valence-corrected chi connectivity index (χ1v) is 6.84. The normalized spacial score (nSPS) is 24.3. The fourth-order valence-corrected chi connectivity index (χ4v) is 2.74. The summed E-state index contributed by atoms with van der Waals surface area (Å²) in [6.07, 6.45) is 1.73. The molecule has 1 fully saturated rings. The summed E-state index contributed by atoms with van der Waals surface area (Å²) in [5.41, 5.74) is 0. The highest BCUT2D eigenvalue weighted by Crippen LogP contribution is 2.11. The maximum absolute atomic E-state index is 5.31. The molecular weight excluding hydrogens is 226 g/mol. The summed E-state index contributed by atoms with van der Waals surface area (Å²) >= 11 is 0. The van der Waals surface area contributed by atoms with Gasteiger partial charge in [0.05, 0.1) is 12.8 Å². The number of hydrogen-bond donors (Lipinski definition) is 1. The molecule has 0 bridgehead atoms. The van der Waals surface area contributed by atoms with Crippen LogP contribution in [0.4, 0.5) is 0 Å². The summed E-state index contributed by atoms with van der Waals surface area (Å²) in [5.74, 6) is 1.01. The van der Waals surface area contributed by atoms with Crippen molar-refractivity contribution in [2.45, 2.75) is 32.5 Å². The van der Waals surface area contributed by atoms with E-state index in [2.05, 4.69) is 36.0 Å². The molecule has 2 unspecified atom stereocenters. The monoisotopic (exact) mass is 251 g/mol. The number of piperazine rings is 1. The van der Waals surface area contributed by atoms with Crippen LogP contribution in [0.5, 0.6) is 0 Å². The molecular formula is C14H25N3O. The lowest BCUT2D eigenvalue weighted by atomic mass is 10.1. The van der Waals surface area contributed by atoms with E-state index in [9.17, 15) is 0 Å². The minimum atomic E-state index is 0.573. The highest BCUT2D eigenvalue weighted by atomic mass is 16.3. The van der Waals surface area contributed by atoms with E-state index in [1.807, 2.05) is 12.1 Å². The largest absolute Gasteiger partial charge is 0.468 e. The van der Waals surface area contributed by atoms with Gasteiger partial charge in [-0.1, -0.05) is 0 Å². The number of nitrogens with one attached hydrogen (secondary N) is 1. The topological polar surface area (TPSA) is 31.7 Å². The molecule has 2 atom stereocenters. The maximum atomic E-state index is 5.31. The quantitative estimate of drug-likeness (QED) is 0.857. The molecule has 4 nitrogen and oxygen atoms in total. The molecule has 4 heteroatoms. The second-order valence-electron chi connectivity index (χ2n) is 5.41. The van der Waals surface area contributed by atoms with Crippen LogP contribution in [0.2, 0.25) is 0 Å². The van der Waals surface area contributed by atoms with Gasteiger partial charge in [-0.3, -0.25) is 4.90 Å². The molecule has 0 aromatic carbocycles. The van der Waals surface area contributed by atoms with Crippen LogP contribution in [0, 0.1) is 0 Å². The predicted molar refractivity (Wildman–Crippen MR) is 73.5 cm³/mol. The number of furan rings is 1. The predicted octanol–water partition coefficient (Wildman–Crippen LogP) is 1.39. The molecule has 2 rings (SSSR count). The average Bonchev–Trinajstić information content (AvgIpc) is 2.81. The van der Waals surface area contributed by atoms with Crippen molar-refractivity contribution in [1.82, 2.24) is 15.1 Å². The van der Waals surface area contributed by atoms with Crippen LogP contribution in [-0.4, -0.2) is 55.1 Å². The van der Waals surface area contributed by atoms with E-state index in [0.717, 1.165) is 18.8 Å². The van der Waals surface area contributed by atoms with Crippen molar-refractivity contribution in [3.8, 4) is 0 Å². The molecule has 1 aliphatic rings. The fourth-order valence-electron chi connectivity index (χ4n) is 2.74. The van der Waals surface area contributed by atoms with E-state index in [-0.39, 0.29) is 0 Å². The number of nitrogens with zero attached hydrogens (tertiary/aromatic N) is 2. The molecule has 0 amide bonds. The number of likely N-dealkylation sites (N-methyl/N-ethyl adjacent to an activating group) is 1. The third-order valence-electron chi connectivity index (χ3n) is 3.77. The Bertz CT molecular complexity index is 339. The molecule has 0 saturated carbocycles. The summed E-state index contributed by atoms with van der Waals surface area (Å²) in [7, 11) is 2.20. The van der Waals surface area contributed by atoms with E-state index in [1.54, 1.807) is 6.26 Å². The Morgan fingerprint density at radius 2 is 2.33 bits per heavy atom. The molecule has 1 aromatic rings. The Morgan fingerprint density at radius 1 is 1.50 bits per heavy atom. The SMILES string of the molecule is CC(CNCc1ccco1)N1CCN(C)CC1C. The number of hydrogen-bond acceptors (Lipinski definition) is 4. The zero-order valence-corrected chi connectivity index (χ0v) is 11.7. The zero-order valence-electron chi connectivity index (χ0n) is 11.7. The Kier molecular flexibility index (Phi) is 4.80. The van der Waals surface area contributed by atoms with Crippen LogP contribution < -0.4 is 5.32 Å². The van der Waals surface area contributed by atoms with Gasteiger partial charge in [0.15, 0.2) is 0 Å². The molecule has 102 valence electrons. The van der Waals surface area contributed by atoms with Gasteiger partial charge < -0.3 is 14.6 Å². The molecule has 1 aliphatic heterocycles. The van der Waals surface area contributed by atoms with Crippen molar-refractivity contribution in [3.63, 3.8) is 0 Å². The summed E-state index contributed by atoms with van der Waals surface area (Å²) < 4.78 is 5.31. The Labute approximate surface area is 110 Å². The van der Waals surface area contributed by atoms with Crippen LogP contribution in [0.1, 0.15) is 19.6 Å². The van der Waals surface area contributed by atoms with Crippen LogP contribution >= 0.6 is 0 Å². The summed E-state index contributed by atoms with van der Waals surface area (Å²) in [6, 6.07) is 5.16. The average molecular weight is 251 g/mol. The lowest BCUT2D eigenvalue weighted by molar-refractivity contribution is 0.0671. The van der Waals surface area contributed by atoms with Gasteiger partial charge in [0.2, 0.25) is 0 Å². The van der Waals surface area contributed by atoms with Crippen molar-refractivity contribution < 1.29 is 4.42 Å². The molecule has 0 spiro atoms. The maximum Gasteiger partial charge on any atom is 0.117 e. The molecule has 0 radical (unpaired) electrons. The first kappa shape index (κ1) is 13.6. The van der Waals surface area contributed by atoms with Gasteiger partial charge in [-0.15, -0.1) is 0 Å². The van der Waals surface area contributed by atoms with Crippen molar-refractivity contribution in [3.05, 3.63) is 24.2 Å². The van der Waals surface area contributed by atoms with Crippen molar-refractivity contribution in [2.24, 2.45) is 0 Å². The van der Waals surface area contributed by atoms with Crippen LogP contribution in [0.25, 0.3) is 0 Å². The molecule has 1 saturated heterocycles. The first-order valence-electron chi connectivity index (χ1n) is 6.84. The molecule has 0 aliphatic carbocycles. The van der Waals surface area contributed by atoms with Crippen molar-refractivity contribution in [2.75, 3.05) is 33.2 Å². The lowest BCUT2D eigenvalue weighted by Gasteiger charge is -2.41. The van der Waals surface area contributed by atoms with E-state index >= 15 is 0 Å². The minimum Gasteiger partial charge on any atom is -0.468 e. The summed E-state index contributed by atoms with van der Waals surface area (Å²) in [4.78, 5) is 5.00. The van der Waals surface area contributed by atoms with E-state index in [1.165, 1.54) is 19.6 Å². The highest BCUT2D eigenvalue weighted by Gasteiger charge is 2.25. The third kappa shape index (κ3) is 3.57. The smallest absolute Gasteiger partial charge is 0.117 e. The van der Waals surface area contributed by atoms with E-state index < -0.39 is 0 Å². The fraction of sp³-hybridized carbons (Fsp3) is 0.714. The standard InChI is InChI=1S/C14H25N3O/c1-12(9-15-10-14-5-4-8-18-14)17-7-6-16(3)11-13(17)2/h4-5,8,12-13,15H,6-7,9-11H2,1-3H3. The molecule has 1 aromatic heterocycles. The molecule has 1 N–H and O–H groups in total. The van der Waals surface area contributed by atoms with Crippen molar-refractivity contribution >= 4 is 0 Å². The van der Waals surface area contributed by atoms with Gasteiger partial charge in [0, 0.05) is 38.3 Å². The first-order chi connectivity index (χ1) is 8.66. The van der Waals surface area contributed by atoms with E-state index in [0.29, 0.717) is 12.1 Å². The minimum absolute atomic E-state index is 0.573. The Hall–Kier alpha value is -0.840. The Morgan fingerprint density at radius 3 is 3.00 bits per heavy atom. The van der Waals surface area contributed by atoms with Crippen molar-refractivity contribution in [1.29, 1.82) is 0 Å².